The molecular weight excluding hydrogens is 230 g/mol. The lowest BCUT2D eigenvalue weighted by atomic mass is 9.98. The van der Waals surface area contributed by atoms with Crippen LogP contribution in [0.2, 0.25) is 0 Å². The van der Waals surface area contributed by atoms with Crippen LogP contribution in [-0.2, 0) is 0 Å². The molecule has 2 rings (SSSR count). The van der Waals surface area contributed by atoms with E-state index in [0.717, 1.165) is 11.1 Å². The molecule has 0 atom stereocenters. The van der Waals surface area contributed by atoms with Crippen LogP contribution in [0, 0.1) is 6.92 Å². The second-order valence-corrected chi connectivity index (χ2v) is 4.55. The first-order chi connectivity index (χ1) is 8.52. The van der Waals surface area contributed by atoms with Crippen molar-refractivity contribution in [1.29, 1.82) is 0 Å². The third-order valence-electron chi connectivity index (χ3n) is 2.86. The molecule has 2 aromatic rings. The maximum absolute atomic E-state index is 11.4. The molecule has 0 saturated carbocycles. The van der Waals surface area contributed by atoms with E-state index in [0.29, 0.717) is 11.5 Å². The van der Waals surface area contributed by atoms with Gasteiger partial charge in [-0.15, -0.1) is 0 Å². The monoisotopic (exact) mass is 245 g/mol. The van der Waals surface area contributed by atoms with Crippen LogP contribution in [0.1, 0.15) is 41.4 Å². The Bertz CT molecular complexity index is 584. The molecule has 18 heavy (non-hydrogen) atoms. The summed E-state index contributed by atoms with van der Waals surface area (Å²) < 4.78 is 5.20. The quantitative estimate of drug-likeness (QED) is 0.899. The molecule has 4 heteroatoms. The summed E-state index contributed by atoms with van der Waals surface area (Å²) in [5.74, 6) is -0.597. The van der Waals surface area contributed by atoms with Crippen molar-refractivity contribution in [2.24, 2.45) is 0 Å². The second-order valence-electron chi connectivity index (χ2n) is 4.55. The maximum atomic E-state index is 11.4. The summed E-state index contributed by atoms with van der Waals surface area (Å²) in [6.45, 7) is 5.69. The van der Waals surface area contributed by atoms with Crippen LogP contribution in [0.15, 0.2) is 28.8 Å². The van der Waals surface area contributed by atoms with Gasteiger partial charge in [0.1, 0.15) is 11.3 Å². The maximum Gasteiger partial charge on any atom is 0.341 e. The summed E-state index contributed by atoms with van der Waals surface area (Å²) in [4.78, 5) is 11.4. The van der Waals surface area contributed by atoms with E-state index in [1.54, 1.807) is 0 Å². The first-order valence-electron chi connectivity index (χ1n) is 5.81. The van der Waals surface area contributed by atoms with Crippen molar-refractivity contribution in [2.75, 3.05) is 0 Å². The fourth-order valence-electron chi connectivity index (χ4n) is 1.93. The van der Waals surface area contributed by atoms with Gasteiger partial charge in [0, 0.05) is 11.5 Å². The van der Waals surface area contributed by atoms with Gasteiger partial charge in [-0.25, -0.2) is 4.79 Å². The predicted octanol–water partition coefficient (Wildman–Crippen LogP) is 3.47. The minimum Gasteiger partial charge on any atom is -0.477 e. The van der Waals surface area contributed by atoms with Gasteiger partial charge in [-0.1, -0.05) is 43.3 Å². The fraction of sp³-hybridized carbons (Fsp3) is 0.286. The molecular formula is C14H15NO3. The van der Waals surface area contributed by atoms with Crippen molar-refractivity contribution >= 4 is 5.97 Å². The molecule has 0 radical (unpaired) electrons. The van der Waals surface area contributed by atoms with Crippen molar-refractivity contribution in [3.8, 4) is 11.3 Å². The molecule has 0 amide bonds. The standard InChI is InChI=1S/C14H15NO3/c1-8(2)13-11(14(16)17)12(15-18-13)10-7-5-4-6-9(10)3/h4-8H,1-3H3,(H,16,17). The Morgan fingerprint density at radius 1 is 1.33 bits per heavy atom. The van der Waals surface area contributed by atoms with Gasteiger partial charge in [-0.05, 0) is 12.5 Å². The number of aromatic carboxylic acids is 1. The summed E-state index contributed by atoms with van der Waals surface area (Å²) >= 11 is 0. The molecule has 0 unspecified atom stereocenters. The van der Waals surface area contributed by atoms with E-state index in [1.807, 2.05) is 45.0 Å². The number of nitrogens with zero attached hydrogens (tertiary/aromatic N) is 1. The lowest BCUT2D eigenvalue weighted by Crippen LogP contribution is -2.03. The molecule has 0 aliphatic heterocycles. The van der Waals surface area contributed by atoms with Gasteiger partial charge in [0.2, 0.25) is 0 Å². The van der Waals surface area contributed by atoms with E-state index in [4.69, 9.17) is 4.52 Å². The van der Waals surface area contributed by atoms with Crippen LogP contribution >= 0.6 is 0 Å². The van der Waals surface area contributed by atoms with Crippen molar-refractivity contribution in [3.63, 3.8) is 0 Å². The van der Waals surface area contributed by atoms with E-state index in [9.17, 15) is 9.90 Å². The van der Waals surface area contributed by atoms with E-state index < -0.39 is 5.97 Å². The van der Waals surface area contributed by atoms with Crippen LogP contribution in [0.5, 0.6) is 0 Å². The van der Waals surface area contributed by atoms with Gasteiger partial charge in [0.05, 0.1) is 0 Å². The summed E-state index contributed by atoms with van der Waals surface area (Å²) in [5, 5.41) is 13.3. The minimum atomic E-state index is -1.00. The highest BCUT2D eigenvalue weighted by Gasteiger charge is 2.25. The molecule has 1 aromatic heterocycles. The molecule has 1 heterocycles. The Balaban J connectivity index is 2.66. The molecule has 0 fully saturated rings. The zero-order valence-electron chi connectivity index (χ0n) is 10.6. The lowest BCUT2D eigenvalue weighted by molar-refractivity contribution is 0.0694. The Hall–Kier alpha value is -2.10. The number of aryl methyl sites for hydroxylation is 1. The Morgan fingerprint density at radius 3 is 2.56 bits per heavy atom. The smallest absolute Gasteiger partial charge is 0.341 e. The summed E-state index contributed by atoms with van der Waals surface area (Å²) in [6, 6.07) is 7.54. The SMILES string of the molecule is Cc1ccccc1-c1noc(C(C)C)c1C(=O)O. The van der Waals surface area contributed by atoms with Gasteiger partial charge in [0.15, 0.2) is 5.76 Å². The number of carboxylic acids is 1. The van der Waals surface area contributed by atoms with Crippen LogP contribution in [0.3, 0.4) is 0 Å². The summed E-state index contributed by atoms with van der Waals surface area (Å²) in [7, 11) is 0. The van der Waals surface area contributed by atoms with Crippen LogP contribution < -0.4 is 0 Å². The number of carboxylic acid groups (broad SMARTS) is 1. The number of hydrogen-bond acceptors (Lipinski definition) is 3. The molecule has 0 spiro atoms. The van der Waals surface area contributed by atoms with Crippen molar-refractivity contribution in [2.45, 2.75) is 26.7 Å². The number of benzene rings is 1. The van der Waals surface area contributed by atoms with Crippen LogP contribution in [-0.4, -0.2) is 16.2 Å². The van der Waals surface area contributed by atoms with Gasteiger partial charge in [-0.2, -0.15) is 0 Å². The summed E-state index contributed by atoms with van der Waals surface area (Å²) in [6.07, 6.45) is 0. The van der Waals surface area contributed by atoms with Gasteiger partial charge in [-0.3, -0.25) is 0 Å². The Kier molecular flexibility index (Phi) is 3.19. The number of carbonyl (C=O) groups is 1. The highest BCUT2D eigenvalue weighted by molar-refractivity contribution is 5.96. The second kappa shape index (κ2) is 4.64. The topological polar surface area (TPSA) is 63.3 Å². The average Bonchev–Trinajstić information content (AvgIpc) is 2.74. The normalized spacial score (nSPS) is 10.9. The molecule has 1 N–H and O–H groups in total. The van der Waals surface area contributed by atoms with E-state index in [-0.39, 0.29) is 11.5 Å². The van der Waals surface area contributed by atoms with Crippen LogP contribution in [0.4, 0.5) is 0 Å². The zero-order chi connectivity index (χ0) is 13.3. The molecule has 4 nitrogen and oxygen atoms in total. The van der Waals surface area contributed by atoms with E-state index >= 15 is 0 Å². The van der Waals surface area contributed by atoms with Crippen molar-refractivity contribution in [3.05, 3.63) is 41.2 Å². The van der Waals surface area contributed by atoms with E-state index in [2.05, 4.69) is 5.16 Å². The fourth-order valence-corrected chi connectivity index (χ4v) is 1.93. The molecule has 0 saturated heterocycles. The third-order valence-corrected chi connectivity index (χ3v) is 2.86. The van der Waals surface area contributed by atoms with Gasteiger partial charge >= 0.3 is 5.97 Å². The van der Waals surface area contributed by atoms with E-state index in [1.165, 1.54) is 0 Å². The molecule has 0 aliphatic carbocycles. The van der Waals surface area contributed by atoms with Gasteiger partial charge < -0.3 is 9.63 Å². The first-order valence-corrected chi connectivity index (χ1v) is 5.81. The highest BCUT2D eigenvalue weighted by atomic mass is 16.5. The highest BCUT2D eigenvalue weighted by Crippen LogP contribution is 2.31. The average molecular weight is 245 g/mol. The Labute approximate surface area is 105 Å². The summed E-state index contributed by atoms with van der Waals surface area (Å²) in [5.41, 5.74) is 2.35. The number of hydrogen-bond donors (Lipinski definition) is 1. The largest absolute Gasteiger partial charge is 0.477 e. The molecule has 94 valence electrons. The molecule has 0 bridgehead atoms. The Morgan fingerprint density at radius 2 is 2.00 bits per heavy atom. The third kappa shape index (κ3) is 2.01. The molecule has 0 aliphatic rings. The van der Waals surface area contributed by atoms with Gasteiger partial charge in [0.25, 0.3) is 0 Å². The lowest BCUT2D eigenvalue weighted by Gasteiger charge is -2.04. The predicted molar refractivity (Wildman–Crippen MR) is 67.7 cm³/mol. The van der Waals surface area contributed by atoms with Crippen LogP contribution in [0.25, 0.3) is 11.3 Å². The molecule has 1 aromatic carbocycles. The zero-order valence-corrected chi connectivity index (χ0v) is 10.6. The number of aromatic nitrogens is 1. The van der Waals surface area contributed by atoms with Crippen molar-refractivity contribution in [1.82, 2.24) is 5.16 Å². The minimum absolute atomic E-state index is 0.0126. The van der Waals surface area contributed by atoms with Crippen molar-refractivity contribution < 1.29 is 14.4 Å². The first kappa shape index (κ1) is 12.4. The number of rotatable bonds is 3.